The Bertz CT molecular complexity index is 2260. The molecule has 4 aliphatic rings. The summed E-state index contributed by atoms with van der Waals surface area (Å²) in [5, 5.41) is 8.09. The van der Waals surface area contributed by atoms with Crippen LogP contribution in [0.1, 0.15) is 45.5 Å². The maximum atomic E-state index is 7.30. The van der Waals surface area contributed by atoms with E-state index in [1.54, 1.807) is 11.9 Å². The molecule has 0 fully saturated rings. The van der Waals surface area contributed by atoms with Crippen molar-refractivity contribution in [2.24, 2.45) is 10.1 Å². The van der Waals surface area contributed by atoms with Crippen LogP contribution in [-0.4, -0.2) is 45.9 Å². The molecule has 3 atom stereocenters. The number of para-hydroxylation sites is 3. The Labute approximate surface area is 294 Å². The molecule has 0 bridgehead atoms. The first-order valence-corrected chi connectivity index (χ1v) is 17.8. The Morgan fingerprint density at radius 1 is 0.740 bits per heavy atom. The van der Waals surface area contributed by atoms with E-state index in [9.17, 15) is 0 Å². The Balaban J connectivity index is 1.31. The molecule has 5 heterocycles. The van der Waals surface area contributed by atoms with Gasteiger partial charge in [-0.05, 0) is 70.6 Å². The molecule has 9 heteroatoms. The van der Waals surface area contributed by atoms with Crippen molar-refractivity contribution in [3.63, 3.8) is 0 Å². The molecule has 1 N–H and O–H groups in total. The Morgan fingerprint density at radius 2 is 1.52 bits per heavy atom. The zero-order valence-electron chi connectivity index (χ0n) is 27.1. The predicted molar refractivity (Wildman–Crippen MR) is 199 cm³/mol. The summed E-state index contributed by atoms with van der Waals surface area (Å²) in [4.78, 5) is 21.4. The van der Waals surface area contributed by atoms with Crippen molar-refractivity contribution in [1.82, 2.24) is 20.0 Å². The Morgan fingerprint density at radius 3 is 2.48 bits per heavy atom. The van der Waals surface area contributed by atoms with Gasteiger partial charge in [-0.1, -0.05) is 103 Å². The SMILES string of the molecule is C1=NCN(C2(C3NN=Cc4ccccc43)C(c3ccc4ccccc4n3)c3ccccc3ON2N2CCc3ccccc3S2)c2ccccc21. The summed E-state index contributed by atoms with van der Waals surface area (Å²) in [5.41, 5.74) is 11.2. The number of fused-ring (bicyclic) bond motifs is 5. The lowest BCUT2D eigenvalue weighted by molar-refractivity contribution is -0.267. The monoisotopic (exact) mass is 671 g/mol. The van der Waals surface area contributed by atoms with E-state index in [1.165, 1.54) is 10.5 Å². The largest absolute Gasteiger partial charge is 0.387 e. The van der Waals surface area contributed by atoms with Crippen molar-refractivity contribution < 1.29 is 4.84 Å². The second kappa shape index (κ2) is 11.8. The van der Waals surface area contributed by atoms with Crippen LogP contribution >= 0.6 is 11.9 Å². The standard InChI is InChI=1S/C41H33N7OS/c1-5-15-32-30(13-1)26-43-45-40(32)41(46-27-42-25-31-14-3-8-18-36(31)46)39(35-22-21-28-11-2-7-17-34(28)44-35)33-16-6-9-19-37(33)49-48(41)47-24-23-29-12-4-10-20-38(29)50-47/h1-22,25-26,39-40,45H,23-24,27H2. The third kappa shape index (κ3) is 4.51. The lowest BCUT2D eigenvalue weighted by Crippen LogP contribution is -2.75. The van der Waals surface area contributed by atoms with Crippen LogP contribution in [0.5, 0.6) is 5.75 Å². The summed E-state index contributed by atoms with van der Waals surface area (Å²) in [6.07, 6.45) is 4.78. The van der Waals surface area contributed by atoms with Gasteiger partial charge >= 0.3 is 0 Å². The normalized spacial score (nSPS) is 22.5. The number of hydroxylamine groups is 1. The molecule has 0 amide bonds. The van der Waals surface area contributed by atoms with E-state index in [0.29, 0.717) is 6.67 Å². The van der Waals surface area contributed by atoms with E-state index in [1.807, 2.05) is 18.5 Å². The second-order valence-electron chi connectivity index (χ2n) is 13.0. The van der Waals surface area contributed by atoms with Crippen LogP contribution in [0, 0.1) is 0 Å². The van der Waals surface area contributed by atoms with Gasteiger partial charge in [-0.2, -0.15) is 5.10 Å². The van der Waals surface area contributed by atoms with Gasteiger partial charge < -0.3 is 9.74 Å². The first-order valence-electron chi connectivity index (χ1n) is 17.0. The van der Waals surface area contributed by atoms with E-state index in [2.05, 4.69) is 147 Å². The number of anilines is 1. The number of rotatable bonds is 4. The molecule has 4 aliphatic heterocycles. The third-order valence-electron chi connectivity index (χ3n) is 10.3. The molecular formula is C41H33N7OS. The van der Waals surface area contributed by atoms with Crippen molar-refractivity contribution in [2.75, 3.05) is 18.1 Å². The van der Waals surface area contributed by atoms with Gasteiger partial charge in [0.05, 0.1) is 23.3 Å². The maximum Gasteiger partial charge on any atom is 0.185 e. The number of hydrazine groups is 1. The van der Waals surface area contributed by atoms with Gasteiger partial charge in [0.2, 0.25) is 0 Å². The van der Waals surface area contributed by atoms with Crippen LogP contribution in [0.3, 0.4) is 0 Å². The molecule has 3 unspecified atom stereocenters. The van der Waals surface area contributed by atoms with E-state index in [0.717, 1.165) is 63.3 Å². The highest BCUT2D eigenvalue weighted by molar-refractivity contribution is 7.97. The van der Waals surface area contributed by atoms with Crippen LogP contribution in [0.25, 0.3) is 10.9 Å². The van der Waals surface area contributed by atoms with Gasteiger partial charge in [0.1, 0.15) is 12.7 Å². The fourth-order valence-corrected chi connectivity index (χ4v) is 9.13. The number of nitrogens with zero attached hydrogens (tertiary/aromatic N) is 6. The van der Waals surface area contributed by atoms with Crippen LogP contribution < -0.4 is 15.2 Å². The van der Waals surface area contributed by atoms with Gasteiger partial charge in [-0.25, -0.2) is 0 Å². The summed E-state index contributed by atoms with van der Waals surface area (Å²) in [6.45, 7) is 1.14. The average Bonchev–Trinajstić information content (AvgIpc) is 3.19. The van der Waals surface area contributed by atoms with E-state index < -0.39 is 11.7 Å². The van der Waals surface area contributed by atoms with Crippen molar-refractivity contribution >= 4 is 41.0 Å². The number of aliphatic imine (C=N–C) groups is 1. The highest BCUT2D eigenvalue weighted by Gasteiger charge is 2.64. The molecule has 1 aromatic heterocycles. The van der Waals surface area contributed by atoms with Crippen molar-refractivity contribution in [2.45, 2.75) is 28.9 Å². The summed E-state index contributed by atoms with van der Waals surface area (Å²) in [7, 11) is 0. The van der Waals surface area contributed by atoms with Crippen LogP contribution in [0.2, 0.25) is 0 Å². The number of benzene rings is 5. The van der Waals surface area contributed by atoms with Gasteiger partial charge in [0.25, 0.3) is 0 Å². The molecule has 5 aromatic carbocycles. The number of aromatic nitrogens is 1. The Hall–Kier alpha value is -5.48. The zero-order chi connectivity index (χ0) is 33.1. The summed E-state index contributed by atoms with van der Waals surface area (Å²) in [6, 6.07) is 46.5. The molecular weight excluding hydrogens is 639 g/mol. The van der Waals surface area contributed by atoms with Crippen LogP contribution in [0.15, 0.2) is 148 Å². The fourth-order valence-electron chi connectivity index (χ4n) is 8.06. The molecule has 6 aromatic rings. The molecule has 10 rings (SSSR count). The van der Waals surface area contributed by atoms with E-state index >= 15 is 0 Å². The van der Waals surface area contributed by atoms with Crippen molar-refractivity contribution in [1.29, 1.82) is 0 Å². The van der Waals surface area contributed by atoms with Crippen LogP contribution in [0.4, 0.5) is 5.69 Å². The quantitative estimate of drug-likeness (QED) is 0.193. The topological polar surface area (TPSA) is 68.6 Å². The summed E-state index contributed by atoms with van der Waals surface area (Å²) in [5.74, 6) is 0.457. The van der Waals surface area contributed by atoms with E-state index in [-0.39, 0.29) is 5.92 Å². The van der Waals surface area contributed by atoms with E-state index in [4.69, 9.17) is 19.9 Å². The number of hydrogen-bond acceptors (Lipinski definition) is 9. The molecule has 0 saturated heterocycles. The summed E-state index contributed by atoms with van der Waals surface area (Å²) >= 11 is 1.71. The lowest BCUT2D eigenvalue weighted by Gasteiger charge is -2.61. The number of pyridine rings is 1. The fraction of sp³-hybridized carbons (Fsp3) is 0.146. The smallest absolute Gasteiger partial charge is 0.185 e. The highest BCUT2D eigenvalue weighted by Crippen LogP contribution is 2.57. The van der Waals surface area contributed by atoms with Crippen LogP contribution in [-0.2, 0) is 6.42 Å². The Kier molecular flexibility index (Phi) is 6.97. The minimum Gasteiger partial charge on any atom is -0.387 e. The molecule has 8 nitrogen and oxygen atoms in total. The first kappa shape index (κ1) is 29.4. The average molecular weight is 672 g/mol. The molecule has 0 radical (unpaired) electrons. The number of hydrogen-bond donors (Lipinski definition) is 1. The highest BCUT2D eigenvalue weighted by atomic mass is 32.2. The predicted octanol–water partition coefficient (Wildman–Crippen LogP) is 7.73. The van der Waals surface area contributed by atoms with Gasteiger partial charge in [0, 0.05) is 39.9 Å². The van der Waals surface area contributed by atoms with Crippen molar-refractivity contribution in [3.8, 4) is 5.75 Å². The lowest BCUT2D eigenvalue weighted by atomic mass is 9.73. The van der Waals surface area contributed by atoms with Crippen molar-refractivity contribution in [3.05, 3.63) is 167 Å². The molecule has 50 heavy (non-hydrogen) atoms. The maximum absolute atomic E-state index is 7.30. The third-order valence-corrected chi connectivity index (χ3v) is 11.4. The molecule has 0 aliphatic carbocycles. The number of nitrogens with one attached hydrogen (secondary N) is 1. The van der Waals surface area contributed by atoms with Gasteiger partial charge in [-0.3, -0.25) is 15.4 Å². The zero-order valence-corrected chi connectivity index (χ0v) is 27.9. The molecule has 244 valence electrons. The summed E-state index contributed by atoms with van der Waals surface area (Å²) < 4.78 is 2.30. The minimum atomic E-state index is -1.02. The minimum absolute atomic E-state index is 0.338. The van der Waals surface area contributed by atoms with Gasteiger partial charge in [-0.15, -0.1) is 4.41 Å². The van der Waals surface area contributed by atoms with Gasteiger partial charge in [0.15, 0.2) is 11.4 Å². The first-order chi connectivity index (χ1) is 24.8. The molecule has 0 saturated carbocycles. The number of hydrazone groups is 1. The molecule has 0 spiro atoms. The second-order valence-corrected chi connectivity index (χ2v) is 14.0.